The minimum Gasteiger partial charge on any atom is -0.357 e. The van der Waals surface area contributed by atoms with Crippen molar-refractivity contribution in [1.29, 1.82) is 0 Å². The van der Waals surface area contributed by atoms with Gasteiger partial charge < -0.3 is 10.6 Å². The first kappa shape index (κ1) is 13.9. The highest BCUT2D eigenvalue weighted by Gasteiger charge is 2.05. The maximum absolute atomic E-state index is 10.7. The van der Waals surface area contributed by atoms with E-state index in [9.17, 15) is 8.42 Å². The Morgan fingerprint density at radius 3 is 2.53 bits per heavy atom. The third-order valence-electron chi connectivity index (χ3n) is 1.72. The van der Waals surface area contributed by atoms with Gasteiger partial charge in [-0.15, -0.1) is 0 Å². The summed E-state index contributed by atoms with van der Waals surface area (Å²) in [5.41, 5.74) is 0. The number of hydrogen-bond acceptors (Lipinski definition) is 7. The Labute approximate surface area is 104 Å². The van der Waals surface area contributed by atoms with Gasteiger partial charge in [-0.25, -0.2) is 13.6 Å². The number of anilines is 2. The highest BCUT2D eigenvalue weighted by molar-refractivity contribution is 7.89. The van der Waals surface area contributed by atoms with E-state index in [1.165, 1.54) is 0 Å². The molecule has 1 heterocycles. The smallest absolute Gasteiger partial charge is 0.228 e. The van der Waals surface area contributed by atoms with E-state index in [1.807, 2.05) is 0 Å². The molecular weight excluding hydrogens is 268 g/mol. The number of aromatic nitrogens is 3. The summed E-state index contributed by atoms with van der Waals surface area (Å²) in [5.74, 6) is 0.514. The predicted octanol–water partition coefficient (Wildman–Crippen LogP) is -0.343. The molecule has 8 nitrogen and oxygen atoms in total. The molecule has 0 spiro atoms. The highest BCUT2D eigenvalue weighted by Crippen LogP contribution is 2.08. The Morgan fingerprint density at radius 1 is 1.29 bits per heavy atom. The van der Waals surface area contributed by atoms with E-state index >= 15 is 0 Å². The van der Waals surface area contributed by atoms with Crippen molar-refractivity contribution in [1.82, 2.24) is 15.0 Å². The summed E-state index contributed by atoms with van der Waals surface area (Å²) in [7, 11) is -1.78. The largest absolute Gasteiger partial charge is 0.357 e. The third kappa shape index (κ3) is 5.61. The van der Waals surface area contributed by atoms with Gasteiger partial charge in [0, 0.05) is 13.6 Å². The first-order valence-electron chi connectivity index (χ1n) is 4.74. The Morgan fingerprint density at radius 2 is 1.94 bits per heavy atom. The zero-order valence-corrected chi connectivity index (χ0v) is 10.7. The van der Waals surface area contributed by atoms with Crippen molar-refractivity contribution < 1.29 is 8.42 Å². The van der Waals surface area contributed by atoms with Crippen molar-refractivity contribution in [3.8, 4) is 0 Å². The molecular formula is C7H13ClN6O2S. The maximum atomic E-state index is 10.7. The number of halogens is 1. The normalized spacial score (nSPS) is 11.2. The van der Waals surface area contributed by atoms with Gasteiger partial charge in [-0.2, -0.15) is 15.0 Å². The molecule has 0 unspecified atom stereocenters. The van der Waals surface area contributed by atoms with E-state index < -0.39 is 10.0 Å². The lowest BCUT2D eigenvalue weighted by molar-refractivity contribution is 0.595. The van der Waals surface area contributed by atoms with Crippen molar-refractivity contribution in [2.45, 2.75) is 6.42 Å². The molecule has 0 aliphatic heterocycles. The summed E-state index contributed by atoms with van der Waals surface area (Å²) in [6, 6.07) is 0. The average Bonchev–Trinajstić information content (AvgIpc) is 2.22. The lowest BCUT2D eigenvalue weighted by Crippen LogP contribution is -2.19. The molecule has 0 radical (unpaired) electrons. The second-order valence-corrected chi connectivity index (χ2v) is 5.22. The van der Waals surface area contributed by atoms with E-state index in [0.29, 0.717) is 18.9 Å². The van der Waals surface area contributed by atoms with Crippen LogP contribution in [0.4, 0.5) is 11.9 Å². The molecule has 17 heavy (non-hydrogen) atoms. The average molecular weight is 281 g/mol. The first-order chi connectivity index (χ1) is 7.90. The second-order valence-electron chi connectivity index (χ2n) is 3.15. The third-order valence-corrected chi connectivity index (χ3v) is 2.75. The summed E-state index contributed by atoms with van der Waals surface area (Å²) < 4.78 is 21.3. The van der Waals surface area contributed by atoms with Crippen molar-refractivity contribution in [3.63, 3.8) is 0 Å². The van der Waals surface area contributed by atoms with Gasteiger partial charge in [-0.1, -0.05) is 0 Å². The molecule has 0 fully saturated rings. The zero-order chi connectivity index (χ0) is 12.9. The SMILES string of the molecule is CNc1nc(Cl)nc(NCCCS(N)(=O)=O)n1. The number of hydrogen-bond donors (Lipinski definition) is 3. The lowest BCUT2D eigenvalue weighted by atomic mass is 10.5. The summed E-state index contributed by atoms with van der Waals surface area (Å²) in [4.78, 5) is 11.6. The van der Waals surface area contributed by atoms with Gasteiger partial charge >= 0.3 is 0 Å². The zero-order valence-electron chi connectivity index (χ0n) is 9.14. The minimum atomic E-state index is -3.43. The molecule has 0 aliphatic carbocycles. The van der Waals surface area contributed by atoms with Crippen LogP contribution in [0.3, 0.4) is 0 Å². The Kier molecular flexibility index (Phi) is 4.85. The fourth-order valence-electron chi connectivity index (χ4n) is 1.01. The molecule has 0 saturated carbocycles. The molecule has 96 valence electrons. The van der Waals surface area contributed by atoms with Gasteiger partial charge in [0.1, 0.15) is 0 Å². The monoisotopic (exact) mass is 280 g/mol. The fraction of sp³-hybridized carbons (Fsp3) is 0.571. The molecule has 0 aromatic carbocycles. The van der Waals surface area contributed by atoms with Crippen LogP contribution in [0.1, 0.15) is 6.42 Å². The van der Waals surface area contributed by atoms with Crippen LogP contribution in [0, 0.1) is 0 Å². The number of sulfonamides is 1. The van der Waals surface area contributed by atoms with Gasteiger partial charge in [0.25, 0.3) is 0 Å². The van der Waals surface area contributed by atoms with Crippen LogP contribution in [0.25, 0.3) is 0 Å². The summed E-state index contributed by atoms with van der Waals surface area (Å²) >= 11 is 5.66. The van der Waals surface area contributed by atoms with Gasteiger partial charge in [0.2, 0.25) is 27.2 Å². The molecule has 10 heteroatoms. The van der Waals surface area contributed by atoms with Gasteiger partial charge in [0.05, 0.1) is 5.75 Å². The van der Waals surface area contributed by atoms with Crippen LogP contribution in [0.2, 0.25) is 5.28 Å². The van der Waals surface area contributed by atoms with Crippen LogP contribution in [-0.4, -0.2) is 42.7 Å². The van der Waals surface area contributed by atoms with Gasteiger partial charge in [-0.3, -0.25) is 0 Å². The minimum absolute atomic E-state index is 0.0540. The number of rotatable bonds is 6. The predicted molar refractivity (Wildman–Crippen MR) is 65.5 cm³/mol. The standard InChI is InChI=1S/C7H13ClN6O2S/c1-10-6-12-5(8)13-7(14-6)11-3-2-4-17(9,15)16/h2-4H2,1H3,(H2,9,15,16)(H2,10,11,12,13,14). The molecule has 1 rings (SSSR count). The van der Waals surface area contributed by atoms with Gasteiger partial charge in [-0.05, 0) is 18.0 Å². The van der Waals surface area contributed by atoms with Crippen LogP contribution < -0.4 is 15.8 Å². The lowest BCUT2D eigenvalue weighted by Gasteiger charge is -2.05. The maximum Gasteiger partial charge on any atom is 0.228 e. The molecule has 1 aromatic rings. The topological polar surface area (TPSA) is 123 Å². The molecule has 0 aliphatic rings. The van der Waals surface area contributed by atoms with Crippen molar-refractivity contribution in [2.24, 2.45) is 5.14 Å². The number of primary sulfonamides is 1. The van der Waals surface area contributed by atoms with E-state index in [2.05, 4.69) is 25.6 Å². The molecule has 0 bridgehead atoms. The fourth-order valence-corrected chi connectivity index (χ4v) is 1.72. The first-order valence-corrected chi connectivity index (χ1v) is 6.84. The molecule has 4 N–H and O–H groups in total. The van der Waals surface area contributed by atoms with Crippen LogP contribution >= 0.6 is 11.6 Å². The molecule has 0 amide bonds. The molecule has 0 saturated heterocycles. The summed E-state index contributed by atoms with van der Waals surface area (Å²) in [6.45, 7) is 0.375. The van der Waals surface area contributed by atoms with Crippen LogP contribution in [0.15, 0.2) is 0 Å². The molecule has 1 aromatic heterocycles. The van der Waals surface area contributed by atoms with Gasteiger partial charge in [0.15, 0.2) is 0 Å². The molecule has 0 atom stereocenters. The Hall–Kier alpha value is -1.19. The van der Waals surface area contributed by atoms with E-state index in [1.54, 1.807) is 7.05 Å². The number of nitrogens with two attached hydrogens (primary N) is 1. The van der Waals surface area contributed by atoms with E-state index in [4.69, 9.17) is 16.7 Å². The van der Waals surface area contributed by atoms with Crippen LogP contribution in [0.5, 0.6) is 0 Å². The van der Waals surface area contributed by atoms with E-state index in [-0.39, 0.29) is 17.0 Å². The summed E-state index contributed by atoms with van der Waals surface area (Å²) in [5, 5.41) is 10.5. The highest BCUT2D eigenvalue weighted by atomic mass is 35.5. The summed E-state index contributed by atoms with van der Waals surface area (Å²) in [6.07, 6.45) is 0.358. The number of nitrogens with zero attached hydrogens (tertiary/aromatic N) is 3. The van der Waals surface area contributed by atoms with Crippen molar-refractivity contribution in [3.05, 3.63) is 5.28 Å². The quantitative estimate of drug-likeness (QED) is 0.609. The number of nitrogens with one attached hydrogen (secondary N) is 2. The van der Waals surface area contributed by atoms with E-state index in [0.717, 1.165) is 0 Å². The Balaban J connectivity index is 2.49. The Bertz CT molecular complexity index is 479. The van der Waals surface area contributed by atoms with Crippen molar-refractivity contribution >= 4 is 33.5 Å². The second kappa shape index (κ2) is 5.94. The van der Waals surface area contributed by atoms with Crippen molar-refractivity contribution in [2.75, 3.05) is 30.0 Å². The van der Waals surface area contributed by atoms with Crippen LogP contribution in [-0.2, 0) is 10.0 Å².